The van der Waals surface area contributed by atoms with E-state index in [2.05, 4.69) is 4.98 Å². The van der Waals surface area contributed by atoms with E-state index in [0.717, 1.165) is 10.6 Å². The summed E-state index contributed by atoms with van der Waals surface area (Å²) in [7, 11) is 0. The first kappa shape index (κ1) is 16.6. The van der Waals surface area contributed by atoms with Crippen molar-refractivity contribution in [1.29, 1.82) is 0 Å². The number of rotatable bonds is 6. The Labute approximate surface area is 138 Å². The maximum atomic E-state index is 12.3. The van der Waals surface area contributed by atoms with Gasteiger partial charge in [-0.25, -0.2) is 9.78 Å². The van der Waals surface area contributed by atoms with Crippen LogP contribution in [0, 0.1) is 0 Å². The van der Waals surface area contributed by atoms with Crippen LogP contribution in [0.15, 0.2) is 41.3 Å². The number of carbonyl (C=O) groups excluding carboxylic acids is 1. The molecule has 0 aliphatic heterocycles. The minimum Gasteiger partial charge on any atom is -0.478 e. The topological polar surface area (TPSA) is 48.4 Å². The normalized spacial score (nSPS) is 10.3. The molecule has 0 spiro atoms. The third-order valence-corrected chi connectivity index (χ3v) is 3.90. The maximum Gasteiger partial charge on any atom is 0.364 e. The van der Waals surface area contributed by atoms with Gasteiger partial charge in [0, 0.05) is 6.07 Å². The molecule has 6 heteroatoms. The minimum absolute atomic E-state index is 0.0453. The molecule has 0 atom stereocenters. The second kappa shape index (κ2) is 8.06. The molecule has 1 heterocycles. The Balaban J connectivity index is 2.24. The molecule has 2 rings (SSSR count). The van der Waals surface area contributed by atoms with Crippen LogP contribution in [0.25, 0.3) is 0 Å². The highest BCUT2D eigenvalue weighted by molar-refractivity contribution is 7.99. The first-order chi connectivity index (χ1) is 10.7. The fourth-order valence-corrected chi connectivity index (χ4v) is 2.67. The number of para-hydroxylation sites is 1. The van der Waals surface area contributed by atoms with E-state index in [9.17, 15) is 4.79 Å². The molecule has 116 valence electrons. The predicted molar refractivity (Wildman–Crippen MR) is 88.2 cm³/mol. The smallest absolute Gasteiger partial charge is 0.364 e. The third kappa shape index (κ3) is 4.15. The zero-order valence-electron chi connectivity index (χ0n) is 12.3. The molecule has 22 heavy (non-hydrogen) atoms. The van der Waals surface area contributed by atoms with Crippen molar-refractivity contribution < 1.29 is 14.3 Å². The fourth-order valence-electron chi connectivity index (χ4n) is 1.75. The number of benzene rings is 1. The molecule has 0 aliphatic rings. The van der Waals surface area contributed by atoms with Crippen LogP contribution in [0.4, 0.5) is 0 Å². The lowest BCUT2D eigenvalue weighted by molar-refractivity contribution is 0.0723. The van der Waals surface area contributed by atoms with Crippen molar-refractivity contribution in [3.63, 3.8) is 0 Å². The second-order valence-electron chi connectivity index (χ2n) is 4.18. The molecule has 4 nitrogen and oxygen atoms in total. The zero-order chi connectivity index (χ0) is 15.9. The molecule has 0 bridgehead atoms. The van der Waals surface area contributed by atoms with Gasteiger partial charge in [0.2, 0.25) is 5.88 Å². The Kier molecular flexibility index (Phi) is 6.10. The summed E-state index contributed by atoms with van der Waals surface area (Å²) in [6, 6.07) is 10.6. The van der Waals surface area contributed by atoms with Crippen molar-refractivity contribution in [3.8, 4) is 11.6 Å². The molecule has 0 saturated carbocycles. The summed E-state index contributed by atoms with van der Waals surface area (Å²) in [6.07, 6.45) is 0. The van der Waals surface area contributed by atoms with Crippen molar-refractivity contribution in [2.45, 2.75) is 18.7 Å². The van der Waals surface area contributed by atoms with Crippen LogP contribution in [-0.2, 0) is 0 Å². The molecule has 1 aromatic heterocycles. The number of pyridine rings is 1. The molecule has 0 amide bonds. The molecule has 0 unspecified atom stereocenters. The number of thioether (sulfide) groups is 1. The molecule has 0 aliphatic carbocycles. The van der Waals surface area contributed by atoms with Crippen LogP contribution < -0.4 is 9.47 Å². The Bertz CT molecular complexity index is 664. The van der Waals surface area contributed by atoms with Crippen molar-refractivity contribution in [2.75, 3.05) is 12.4 Å². The van der Waals surface area contributed by atoms with Crippen LogP contribution in [0.5, 0.6) is 11.6 Å². The van der Waals surface area contributed by atoms with Gasteiger partial charge >= 0.3 is 5.97 Å². The van der Waals surface area contributed by atoms with Gasteiger partial charge in [-0.3, -0.25) is 0 Å². The Hall–Kier alpha value is -1.72. The van der Waals surface area contributed by atoms with Crippen LogP contribution in [-0.4, -0.2) is 23.3 Å². The van der Waals surface area contributed by atoms with E-state index in [-0.39, 0.29) is 10.7 Å². The van der Waals surface area contributed by atoms with Crippen molar-refractivity contribution in [3.05, 3.63) is 47.1 Å². The highest BCUT2D eigenvalue weighted by Gasteiger charge is 2.17. The van der Waals surface area contributed by atoms with Crippen molar-refractivity contribution in [2.24, 2.45) is 0 Å². The monoisotopic (exact) mass is 337 g/mol. The summed E-state index contributed by atoms with van der Waals surface area (Å²) >= 11 is 7.63. The summed E-state index contributed by atoms with van der Waals surface area (Å²) in [6.45, 7) is 4.33. The first-order valence-corrected chi connectivity index (χ1v) is 8.25. The summed E-state index contributed by atoms with van der Waals surface area (Å²) in [5.41, 5.74) is 0.0453. The Morgan fingerprint density at radius 1 is 1.23 bits per heavy atom. The van der Waals surface area contributed by atoms with Gasteiger partial charge in [-0.15, -0.1) is 11.8 Å². The van der Waals surface area contributed by atoms with Crippen LogP contribution >= 0.6 is 23.4 Å². The van der Waals surface area contributed by atoms with Gasteiger partial charge < -0.3 is 9.47 Å². The van der Waals surface area contributed by atoms with Crippen molar-refractivity contribution >= 4 is 29.3 Å². The number of aromatic nitrogens is 1. The zero-order valence-corrected chi connectivity index (χ0v) is 13.9. The molecular formula is C16H16ClNO3S. The van der Waals surface area contributed by atoms with E-state index < -0.39 is 5.97 Å². The summed E-state index contributed by atoms with van der Waals surface area (Å²) in [5.74, 6) is 1.12. The van der Waals surface area contributed by atoms with Crippen LogP contribution in [0.1, 0.15) is 24.3 Å². The largest absolute Gasteiger partial charge is 0.478 e. The Morgan fingerprint density at radius 3 is 2.73 bits per heavy atom. The molecule has 0 fully saturated rings. The van der Waals surface area contributed by atoms with Gasteiger partial charge in [0.05, 0.1) is 16.5 Å². The third-order valence-electron chi connectivity index (χ3n) is 2.66. The second-order valence-corrected chi connectivity index (χ2v) is 5.90. The minimum atomic E-state index is -0.601. The van der Waals surface area contributed by atoms with E-state index in [1.165, 1.54) is 0 Å². The number of esters is 1. The standard InChI is InChI=1S/C16H16ClNO3S/c1-3-20-14-10-9-11(17)15(18-14)16(19)21-12-7-5-6-8-13(12)22-4-2/h5-10H,3-4H2,1-2H3. The van der Waals surface area contributed by atoms with Gasteiger partial charge in [0.15, 0.2) is 5.69 Å². The molecule has 0 radical (unpaired) electrons. The van der Waals surface area contributed by atoms with E-state index in [0.29, 0.717) is 18.2 Å². The highest BCUT2D eigenvalue weighted by atomic mass is 35.5. The van der Waals surface area contributed by atoms with E-state index in [4.69, 9.17) is 21.1 Å². The lowest BCUT2D eigenvalue weighted by Gasteiger charge is -2.10. The quantitative estimate of drug-likeness (QED) is 0.442. The maximum absolute atomic E-state index is 12.3. The van der Waals surface area contributed by atoms with Crippen LogP contribution in [0.2, 0.25) is 5.02 Å². The lowest BCUT2D eigenvalue weighted by atomic mass is 10.3. The molecular weight excluding hydrogens is 322 g/mol. The number of nitrogens with zero attached hydrogens (tertiary/aromatic N) is 1. The fraction of sp³-hybridized carbons (Fsp3) is 0.250. The van der Waals surface area contributed by atoms with E-state index >= 15 is 0 Å². The van der Waals surface area contributed by atoms with E-state index in [1.54, 1.807) is 30.0 Å². The first-order valence-electron chi connectivity index (χ1n) is 6.89. The number of hydrogen-bond donors (Lipinski definition) is 0. The molecule has 0 saturated heterocycles. The highest BCUT2D eigenvalue weighted by Crippen LogP contribution is 2.30. The summed E-state index contributed by atoms with van der Waals surface area (Å²) < 4.78 is 10.7. The average molecular weight is 338 g/mol. The van der Waals surface area contributed by atoms with Crippen LogP contribution in [0.3, 0.4) is 0 Å². The average Bonchev–Trinajstić information content (AvgIpc) is 2.51. The van der Waals surface area contributed by atoms with Gasteiger partial charge in [-0.05, 0) is 30.9 Å². The number of hydrogen-bond acceptors (Lipinski definition) is 5. The summed E-state index contributed by atoms with van der Waals surface area (Å²) in [4.78, 5) is 17.3. The Morgan fingerprint density at radius 2 is 2.00 bits per heavy atom. The van der Waals surface area contributed by atoms with Gasteiger partial charge in [-0.1, -0.05) is 30.7 Å². The number of halogens is 1. The van der Waals surface area contributed by atoms with Crippen molar-refractivity contribution in [1.82, 2.24) is 4.98 Å². The SMILES string of the molecule is CCOc1ccc(Cl)c(C(=O)Oc2ccccc2SCC)n1. The molecule has 0 N–H and O–H groups in total. The van der Waals surface area contributed by atoms with Gasteiger partial charge in [0.1, 0.15) is 5.75 Å². The van der Waals surface area contributed by atoms with Gasteiger partial charge in [0.25, 0.3) is 0 Å². The predicted octanol–water partition coefficient (Wildman–Crippen LogP) is 4.46. The lowest BCUT2D eigenvalue weighted by Crippen LogP contribution is -2.12. The molecule has 2 aromatic rings. The molecule has 1 aromatic carbocycles. The van der Waals surface area contributed by atoms with Gasteiger partial charge in [-0.2, -0.15) is 0 Å². The number of ether oxygens (including phenoxy) is 2. The number of carbonyl (C=O) groups is 1. The summed E-state index contributed by atoms with van der Waals surface area (Å²) in [5, 5.41) is 0.231. The van der Waals surface area contributed by atoms with E-state index in [1.807, 2.05) is 32.0 Å².